The van der Waals surface area contributed by atoms with Crippen LogP contribution in [0.3, 0.4) is 0 Å². The third kappa shape index (κ3) is 4.96. The van der Waals surface area contributed by atoms with Crippen LogP contribution in [0.25, 0.3) is 0 Å². The number of nitrogens with zero attached hydrogens (tertiary/aromatic N) is 2. The summed E-state index contributed by atoms with van der Waals surface area (Å²) in [6, 6.07) is 14.4. The van der Waals surface area contributed by atoms with Crippen molar-refractivity contribution in [2.24, 2.45) is 0 Å². The first-order valence-corrected chi connectivity index (χ1v) is 12.5. The normalized spacial score (nSPS) is 14.5. The van der Waals surface area contributed by atoms with Crippen molar-refractivity contribution in [3.05, 3.63) is 82.8 Å². The molecule has 0 saturated carbocycles. The summed E-state index contributed by atoms with van der Waals surface area (Å²) in [7, 11) is -3.78. The molecule has 8 heteroatoms. The Morgan fingerprint density at radius 1 is 0.970 bits per heavy atom. The van der Waals surface area contributed by atoms with E-state index in [0.29, 0.717) is 24.4 Å². The minimum Gasteiger partial charge on any atom is -0.468 e. The Bertz CT molecular complexity index is 1240. The van der Waals surface area contributed by atoms with Crippen molar-refractivity contribution in [3.8, 4) is 0 Å². The van der Waals surface area contributed by atoms with Gasteiger partial charge >= 0.3 is 0 Å². The summed E-state index contributed by atoms with van der Waals surface area (Å²) in [5.41, 5.74) is 4.88. The van der Waals surface area contributed by atoms with Crippen LogP contribution in [0.1, 0.15) is 32.8 Å². The highest BCUT2D eigenvalue weighted by atomic mass is 32.2. The van der Waals surface area contributed by atoms with Gasteiger partial charge in [-0.15, -0.1) is 0 Å². The maximum atomic E-state index is 13.3. The molecule has 0 unspecified atom stereocenters. The van der Waals surface area contributed by atoms with Crippen molar-refractivity contribution < 1.29 is 17.6 Å². The number of furan rings is 1. The molecular formula is C25H29N3O4S. The number of piperazine rings is 1. The lowest BCUT2D eigenvalue weighted by molar-refractivity contribution is 0.0745. The fourth-order valence-corrected chi connectivity index (χ4v) is 5.08. The number of carbonyl (C=O) groups is 1. The van der Waals surface area contributed by atoms with Crippen molar-refractivity contribution in [1.82, 2.24) is 9.62 Å². The second-order valence-electron chi connectivity index (χ2n) is 8.38. The van der Waals surface area contributed by atoms with Gasteiger partial charge in [-0.1, -0.05) is 18.2 Å². The van der Waals surface area contributed by atoms with Gasteiger partial charge in [0.05, 0.1) is 17.7 Å². The van der Waals surface area contributed by atoms with Gasteiger partial charge in [0.25, 0.3) is 5.91 Å². The minimum absolute atomic E-state index is 0.0484. The predicted octanol–water partition coefficient (Wildman–Crippen LogP) is 3.65. The molecule has 1 N–H and O–H groups in total. The highest BCUT2D eigenvalue weighted by molar-refractivity contribution is 7.89. The Labute approximate surface area is 195 Å². The monoisotopic (exact) mass is 467 g/mol. The Kier molecular flexibility index (Phi) is 6.58. The number of hydrogen-bond acceptors (Lipinski definition) is 5. The maximum absolute atomic E-state index is 13.3. The van der Waals surface area contributed by atoms with Gasteiger partial charge in [-0.25, -0.2) is 13.1 Å². The van der Waals surface area contributed by atoms with Crippen LogP contribution in [0.5, 0.6) is 0 Å². The minimum atomic E-state index is -3.78. The Morgan fingerprint density at radius 3 is 2.42 bits per heavy atom. The van der Waals surface area contributed by atoms with E-state index in [1.165, 1.54) is 35.2 Å². The first-order chi connectivity index (χ1) is 15.8. The molecule has 7 nitrogen and oxygen atoms in total. The quantitative estimate of drug-likeness (QED) is 0.598. The van der Waals surface area contributed by atoms with E-state index < -0.39 is 10.0 Å². The lowest BCUT2D eigenvalue weighted by Gasteiger charge is -2.37. The molecule has 0 atom stereocenters. The number of anilines is 1. The molecule has 0 aliphatic carbocycles. The Morgan fingerprint density at radius 2 is 1.73 bits per heavy atom. The van der Waals surface area contributed by atoms with Crippen LogP contribution in [0.4, 0.5) is 5.69 Å². The first kappa shape index (κ1) is 23.1. The summed E-state index contributed by atoms with van der Waals surface area (Å²) in [4.78, 5) is 17.5. The predicted molar refractivity (Wildman–Crippen MR) is 128 cm³/mol. The van der Waals surface area contributed by atoms with Gasteiger partial charge in [0.1, 0.15) is 5.76 Å². The molecule has 2 aromatic carbocycles. The number of sulfonamides is 1. The van der Waals surface area contributed by atoms with Crippen molar-refractivity contribution in [2.75, 3.05) is 31.1 Å². The van der Waals surface area contributed by atoms with E-state index in [0.717, 1.165) is 18.7 Å². The summed E-state index contributed by atoms with van der Waals surface area (Å²) in [5, 5.41) is 0. The fraction of sp³-hybridized carbons (Fsp3) is 0.320. The zero-order valence-corrected chi connectivity index (χ0v) is 20.0. The lowest BCUT2D eigenvalue weighted by Crippen LogP contribution is -2.49. The average Bonchev–Trinajstić information content (AvgIpc) is 3.33. The highest BCUT2D eigenvalue weighted by Crippen LogP contribution is 2.25. The van der Waals surface area contributed by atoms with E-state index in [1.54, 1.807) is 23.1 Å². The largest absolute Gasteiger partial charge is 0.468 e. The number of amides is 1. The molecule has 4 rings (SSSR count). The molecule has 1 aliphatic heterocycles. The van der Waals surface area contributed by atoms with Crippen LogP contribution < -0.4 is 9.62 Å². The number of rotatable bonds is 6. The number of hydrogen-bond donors (Lipinski definition) is 1. The Hall–Kier alpha value is -3.10. The fourth-order valence-electron chi connectivity index (χ4n) is 4.06. The van der Waals surface area contributed by atoms with Crippen LogP contribution >= 0.6 is 0 Å². The van der Waals surface area contributed by atoms with Crippen LogP contribution in [0.15, 0.2) is 64.1 Å². The maximum Gasteiger partial charge on any atom is 0.254 e. The van der Waals surface area contributed by atoms with Crippen molar-refractivity contribution in [2.45, 2.75) is 32.2 Å². The van der Waals surface area contributed by atoms with Gasteiger partial charge in [-0.05, 0) is 67.8 Å². The van der Waals surface area contributed by atoms with Crippen LogP contribution in [-0.4, -0.2) is 45.4 Å². The van der Waals surface area contributed by atoms with E-state index in [9.17, 15) is 13.2 Å². The number of carbonyl (C=O) groups excluding carboxylic acids is 1. The average molecular weight is 468 g/mol. The van der Waals surface area contributed by atoms with Gasteiger partial charge in [0, 0.05) is 37.4 Å². The van der Waals surface area contributed by atoms with Crippen LogP contribution in [0, 0.1) is 20.8 Å². The van der Waals surface area contributed by atoms with Gasteiger partial charge in [0.2, 0.25) is 10.0 Å². The SMILES string of the molecule is Cc1ccc(S(=O)(=O)NCc2ccco2)cc1C(=O)N1CCN(c2cccc(C)c2C)CC1. The summed E-state index contributed by atoms with van der Waals surface area (Å²) in [6.07, 6.45) is 1.49. The van der Waals surface area contributed by atoms with Crippen molar-refractivity contribution in [3.63, 3.8) is 0 Å². The van der Waals surface area contributed by atoms with Crippen LogP contribution in [-0.2, 0) is 16.6 Å². The van der Waals surface area contributed by atoms with E-state index in [1.807, 2.05) is 6.92 Å². The molecule has 1 saturated heterocycles. The number of benzene rings is 2. The van der Waals surface area contributed by atoms with E-state index >= 15 is 0 Å². The lowest BCUT2D eigenvalue weighted by atomic mass is 10.1. The third-order valence-electron chi connectivity index (χ3n) is 6.25. The van der Waals surface area contributed by atoms with Crippen molar-refractivity contribution >= 4 is 21.6 Å². The number of aryl methyl sites for hydroxylation is 2. The smallest absolute Gasteiger partial charge is 0.254 e. The second kappa shape index (κ2) is 9.41. The van der Waals surface area contributed by atoms with Gasteiger partial charge in [-0.2, -0.15) is 0 Å². The van der Waals surface area contributed by atoms with Crippen molar-refractivity contribution in [1.29, 1.82) is 0 Å². The zero-order chi connectivity index (χ0) is 23.6. The zero-order valence-electron chi connectivity index (χ0n) is 19.2. The molecule has 1 fully saturated rings. The standard InChI is InChI=1S/C25H29N3O4S/c1-18-6-4-8-24(20(18)3)27-11-13-28(14-12-27)25(29)23-16-22(10-9-19(23)2)33(30,31)26-17-21-7-5-15-32-21/h4-10,15-16,26H,11-14,17H2,1-3H3. The molecule has 2 heterocycles. The Balaban J connectivity index is 1.47. The molecule has 33 heavy (non-hydrogen) atoms. The first-order valence-electron chi connectivity index (χ1n) is 11.0. The van der Waals surface area contributed by atoms with E-state index in [-0.39, 0.29) is 17.3 Å². The molecule has 0 spiro atoms. The van der Waals surface area contributed by atoms with Gasteiger partial charge in [-0.3, -0.25) is 4.79 Å². The molecule has 1 aromatic heterocycles. The molecular weight excluding hydrogens is 438 g/mol. The topological polar surface area (TPSA) is 82.9 Å². The summed E-state index contributed by atoms with van der Waals surface area (Å²) in [5.74, 6) is 0.375. The molecule has 1 amide bonds. The third-order valence-corrected chi connectivity index (χ3v) is 7.65. The highest BCUT2D eigenvalue weighted by Gasteiger charge is 2.26. The molecule has 0 radical (unpaired) electrons. The molecule has 1 aliphatic rings. The van der Waals surface area contributed by atoms with Gasteiger partial charge < -0.3 is 14.2 Å². The summed E-state index contributed by atoms with van der Waals surface area (Å²) < 4.78 is 33.2. The van der Waals surface area contributed by atoms with Gasteiger partial charge in [0.15, 0.2) is 0 Å². The summed E-state index contributed by atoms with van der Waals surface area (Å²) >= 11 is 0. The molecule has 0 bridgehead atoms. The molecule has 3 aromatic rings. The van der Waals surface area contributed by atoms with Crippen LogP contribution in [0.2, 0.25) is 0 Å². The second-order valence-corrected chi connectivity index (χ2v) is 10.1. The molecule has 174 valence electrons. The van der Waals surface area contributed by atoms with E-state index in [2.05, 4.69) is 41.7 Å². The van der Waals surface area contributed by atoms with E-state index in [4.69, 9.17) is 4.42 Å². The summed E-state index contributed by atoms with van der Waals surface area (Å²) in [6.45, 7) is 8.73. The number of nitrogens with one attached hydrogen (secondary N) is 1.